The van der Waals surface area contributed by atoms with Crippen LogP contribution in [0.25, 0.3) is 0 Å². The summed E-state index contributed by atoms with van der Waals surface area (Å²) >= 11 is 0. The average Bonchev–Trinajstić information content (AvgIpc) is 3.16. The Morgan fingerprint density at radius 1 is 1.24 bits per heavy atom. The zero-order valence-electron chi connectivity index (χ0n) is 14.9. The molecule has 1 N–H and O–H groups in total. The molecule has 1 saturated heterocycles. The molecule has 2 aliphatic rings. The lowest BCUT2D eigenvalue weighted by atomic mass is 10.0. The molecule has 136 valence electrons. The molecule has 0 spiro atoms. The van der Waals surface area contributed by atoms with Gasteiger partial charge in [0.25, 0.3) is 0 Å². The molecule has 2 unspecified atom stereocenters. The van der Waals surface area contributed by atoms with Crippen LogP contribution in [0.4, 0.5) is 4.79 Å². The summed E-state index contributed by atoms with van der Waals surface area (Å²) in [5.41, 5.74) is -0.137. The second-order valence-electron chi connectivity index (χ2n) is 7.94. The maximum absolute atomic E-state index is 12.6. The number of ether oxygens (including phenoxy) is 2. The third kappa shape index (κ3) is 3.63. The first kappa shape index (κ1) is 17.7. The molecule has 6 nitrogen and oxygen atoms in total. The zero-order valence-corrected chi connectivity index (χ0v) is 14.9. The highest BCUT2D eigenvalue weighted by Crippen LogP contribution is 2.59. The first-order valence-corrected chi connectivity index (χ1v) is 8.58. The van der Waals surface area contributed by atoms with E-state index in [4.69, 9.17) is 9.47 Å². The average molecular weight is 347 g/mol. The van der Waals surface area contributed by atoms with Crippen LogP contribution in [0.15, 0.2) is 30.3 Å². The standard InChI is InChI=1S/C19H25NO5/c1-18(2,3)25-17(23)20-14(9-19(12-21)10-15(19)20)16(22)24-11-13-7-5-4-6-8-13/h4-8,14-15,21H,9-12H2,1-3H3/t14-,15?,19?/m0/s1. The molecule has 1 saturated carbocycles. The largest absolute Gasteiger partial charge is 0.459 e. The lowest BCUT2D eigenvalue weighted by Gasteiger charge is -2.29. The van der Waals surface area contributed by atoms with Crippen molar-refractivity contribution in [2.45, 2.75) is 57.9 Å². The molecule has 0 radical (unpaired) electrons. The van der Waals surface area contributed by atoms with Gasteiger partial charge >= 0.3 is 12.1 Å². The third-order valence-corrected chi connectivity index (χ3v) is 4.83. The molecule has 1 aliphatic heterocycles. The van der Waals surface area contributed by atoms with Gasteiger partial charge < -0.3 is 14.6 Å². The molecule has 1 aromatic rings. The van der Waals surface area contributed by atoms with Crippen LogP contribution in [0.2, 0.25) is 0 Å². The van der Waals surface area contributed by atoms with Crippen LogP contribution in [-0.4, -0.2) is 46.4 Å². The Morgan fingerprint density at radius 3 is 2.52 bits per heavy atom. The summed E-state index contributed by atoms with van der Waals surface area (Å²) in [6, 6.07) is 8.54. The quantitative estimate of drug-likeness (QED) is 0.847. The fourth-order valence-corrected chi connectivity index (χ4v) is 3.46. The molecule has 0 bridgehead atoms. The van der Waals surface area contributed by atoms with E-state index < -0.39 is 23.7 Å². The number of esters is 1. The Bertz CT molecular complexity index is 654. The molecular formula is C19H25NO5. The van der Waals surface area contributed by atoms with Crippen molar-refractivity contribution in [1.29, 1.82) is 0 Å². The number of carbonyl (C=O) groups is 2. The predicted molar refractivity (Wildman–Crippen MR) is 90.6 cm³/mol. The minimum Gasteiger partial charge on any atom is -0.459 e. The van der Waals surface area contributed by atoms with E-state index in [1.807, 2.05) is 30.3 Å². The molecule has 3 atom stereocenters. The normalized spacial score (nSPS) is 27.6. The molecule has 25 heavy (non-hydrogen) atoms. The van der Waals surface area contributed by atoms with E-state index in [9.17, 15) is 14.7 Å². The Labute approximate surface area is 147 Å². The number of hydrogen-bond acceptors (Lipinski definition) is 5. The van der Waals surface area contributed by atoms with Crippen molar-refractivity contribution in [3.8, 4) is 0 Å². The van der Waals surface area contributed by atoms with Gasteiger partial charge in [0.2, 0.25) is 0 Å². The number of benzene rings is 1. The number of fused-ring (bicyclic) bond motifs is 1. The van der Waals surface area contributed by atoms with Crippen molar-refractivity contribution in [3.05, 3.63) is 35.9 Å². The lowest BCUT2D eigenvalue weighted by molar-refractivity contribution is -0.150. The highest BCUT2D eigenvalue weighted by molar-refractivity contribution is 5.83. The van der Waals surface area contributed by atoms with E-state index in [2.05, 4.69) is 0 Å². The topological polar surface area (TPSA) is 76.1 Å². The van der Waals surface area contributed by atoms with Crippen molar-refractivity contribution in [1.82, 2.24) is 4.90 Å². The van der Waals surface area contributed by atoms with Gasteiger partial charge in [-0.15, -0.1) is 0 Å². The third-order valence-electron chi connectivity index (χ3n) is 4.83. The van der Waals surface area contributed by atoms with Crippen LogP contribution in [0.3, 0.4) is 0 Å². The summed E-state index contributed by atoms with van der Waals surface area (Å²) in [4.78, 5) is 26.6. The Kier molecular flexibility index (Phi) is 4.49. The first-order valence-electron chi connectivity index (χ1n) is 8.58. The van der Waals surface area contributed by atoms with Crippen LogP contribution in [-0.2, 0) is 20.9 Å². The molecule has 2 fully saturated rings. The van der Waals surface area contributed by atoms with E-state index in [0.717, 1.165) is 5.56 Å². The number of carbonyl (C=O) groups excluding carboxylic acids is 2. The second kappa shape index (κ2) is 6.33. The van der Waals surface area contributed by atoms with Gasteiger partial charge in [0.15, 0.2) is 0 Å². The van der Waals surface area contributed by atoms with Gasteiger partial charge in [-0.05, 0) is 39.2 Å². The van der Waals surface area contributed by atoms with Crippen molar-refractivity contribution in [3.63, 3.8) is 0 Å². The van der Waals surface area contributed by atoms with Crippen molar-refractivity contribution in [2.24, 2.45) is 5.41 Å². The predicted octanol–water partition coefficient (Wildman–Crippen LogP) is 2.49. The maximum atomic E-state index is 12.6. The van der Waals surface area contributed by atoms with Gasteiger partial charge in [-0.25, -0.2) is 9.59 Å². The van der Waals surface area contributed by atoms with E-state index in [1.165, 1.54) is 4.90 Å². The van der Waals surface area contributed by atoms with Crippen molar-refractivity contribution < 1.29 is 24.2 Å². The second-order valence-corrected chi connectivity index (χ2v) is 7.94. The SMILES string of the molecule is CC(C)(C)OC(=O)N1C2CC2(CO)C[C@H]1C(=O)OCc1ccccc1. The smallest absolute Gasteiger partial charge is 0.411 e. The van der Waals surface area contributed by atoms with Crippen LogP contribution >= 0.6 is 0 Å². The summed E-state index contributed by atoms with van der Waals surface area (Å²) in [5, 5.41) is 9.68. The van der Waals surface area contributed by atoms with Crippen LogP contribution in [0.5, 0.6) is 0 Å². The van der Waals surface area contributed by atoms with Gasteiger partial charge in [0.1, 0.15) is 18.2 Å². The number of nitrogens with zero attached hydrogens (tertiary/aromatic N) is 1. The Balaban J connectivity index is 1.69. The minimum absolute atomic E-state index is 0.0422. The molecule has 1 aliphatic carbocycles. The summed E-state index contributed by atoms with van der Waals surface area (Å²) in [5.74, 6) is -0.449. The zero-order chi connectivity index (χ0) is 18.2. The molecule has 0 aromatic heterocycles. The highest BCUT2D eigenvalue weighted by atomic mass is 16.6. The summed E-state index contributed by atoms with van der Waals surface area (Å²) in [6.07, 6.45) is 0.596. The van der Waals surface area contributed by atoms with Gasteiger partial charge in [-0.3, -0.25) is 4.90 Å². The fraction of sp³-hybridized carbons (Fsp3) is 0.579. The minimum atomic E-state index is -0.704. The molecule has 3 rings (SSSR count). The number of hydrogen-bond donors (Lipinski definition) is 1. The van der Waals surface area contributed by atoms with E-state index >= 15 is 0 Å². The van der Waals surface area contributed by atoms with Crippen LogP contribution in [0.1, 0.15) is 39.2 Å². The lowest BCUT2D eigenvalue weighted by Crippen LogP contribution is -2.46. The maximum Gasteiger partial charge on any atom is 0.411 e. The van der Waals surface area contributed by atoms with Crippen LogP contribution < -0.4 is 0 Å². The Morgan fingerprint density at radius 2 is 1.92 bits per heavy atom. The summed E-state index contributed by atoms with van der Waals surface area (Å²) in [7, 11) is 0. The number of likely N-dealkylation sites (tertiary alicyclic amines) is 1. The number of piperidine rings is 1. The summed E-state index contributed by atoms with van der Waals surface area (Å²) in [6.45, 7) is 5.48. The molecule has 1 heterocycles. The first-order chi connectivity index (χ1) is 11.8. The number of aliphatic hydroxyl groups is 1. The molecule has 1 amide bonds. The monoisotopic (exact) mass is 347 g/mol. The Hall–Kier alpha value is -2.08. The van der Waals surface area contributed by atoms with E-state index in [1.54, 1.807) is 20.8 Å². The highest BCUT2D eigenvalue weighted by Gasteiger charge is 2.68. The van der Waals surface area contributed by atoms with E-state index in [-0.39, 0.29) is 24.7 Å². The molecular weight excluding hydrogens is 322 g/mol. The molecule has 1 aromatic carbocycles. The number of aliphatic hydroxyl groups excluding tert-OH is 1. The fourth-order valence-electron chi connectivity index (χ4n) is 3.46. The van der Waals surface area contributed by atoms with Crippen molar-refractivity contribution >= 4 is 12.1 Å². The van der Waals surface area contributed by atoms with Gasteiger partial charge in [-0.2, -0.15) is 0 Å². The van der Waals surface area contributed by atoms with Gasteiger partial charge in [0.05, 0.1) is 6.61 Å². The number of rotatable bonds is 4. The molecule has 6 heteroatoms. The van der Waals surface area contributed by atoms with Crippen LogP contribution in [0, 0.1) is 5.41 Å². The summed E-state index contributed by atoms with van der Waals surface area (Å²) < 4.78 is 10.9. The van der Waals surface area contributed by atoms with E-state index in [0.29, 0.717) is 12.8 Å². The van der Waals surface area contributed by atoms with Gasteiger partial charge in [0, 0.05) is 11.5 Å². The van der Waals surface area contributed by atoms with Crippen molar-refractivity contribution in [2.75, 3.05) is 6.61 Å². The number of amides is 1. The van der Waals surface area contributed by atoms with Gasteiger partial charge in [-0.1, -0.05) is 30.3 Å².